The Morgan fingerprint density at radius 1 is 0.864 bits per heavy atom. The number of carbonyl (C=O) groups excluding carboxylic acids is 2. The van der Waals surface area contributed by atoms with Gasteiger partial charge in [-0.2, -0.15) is 9.97 Å². The van der Waals surface area contributed by atoms with Crippen LogP contribution in [0.15, 0.2) is 72.9 Å². The SMILES string of the molecule is CS(=O)(=O)N1CCc2cccc(Nc3nc(Nc4ccc(N5CCC(N6CCN(CCc7ccc(C8CCC(=O)NC8=O)cc7)CC6)CC5)c(F)c4)nc4[nH]ccc34)c21. The number of nitrogens with one attached hydrogen (secondary N) is 4. The van der Waals surface area contributed by atoms with Crippen LogP contribution in [0.4, 0.5) is 38.9 Å². The fraction of sp³-hybridized carbons (Fsp3) is 0.395. The summed E-state index contributed by atoms with van der Waals surface area (Å²) in [7, 11) is -3.46. The third-order valence-electron chi connectivity index (χ3n) is 12.3. The van der Waals surface area contributed by atoms with Gasteiger partial charge in [0.2, 0.25) is 27.8 Å². The first-order chi connectivity index (χ1) is 28.6. The van der Waals surface area contributed by atoms with Gasteiger partial charge in [0.05, 0.1) is 34.6 Å². The molecule has 9 rings (SSSR count). The number of carbonyl (C=O) groups is 2. The number of halogens is 1. The molecule has 14 nitrogen and oxygen atoms in total. The molecule has 4 aliphatic rings. The van der Waals surface area contributed by atoms with Gasteiger partial charge in [0.25, 0.3) is 0 Å². The van der Waals surface area contributed by atoms with Crippen LogP contribution >= 0.6 is 0 Å². The Bertz CT molecular complexity index is 2480. The van der Waals surface area contributed by atoms with Crippen molar-refractivity contribution in [3.05, 3.63) is 95.4 Å². The van der Waals surface area contributed by atoms with Crippen molar-refractivity contribution in [3.8, 4) is 0 Å². The fourth-order valence-corrected chi connectivity index (χ4v) is 10.1. The number of para-hydroxylation sites is 1. The Hall–Kier alpha value is -5.58. The molecule has 1 unspecified atom stereocenters. The molecule has 0 aliphatic carbocycles. The maximum atomic E-state index is 15.8. The summed E-state index contributed by atoms with van der Waals surface area (Å²) in [6.07, 6.45) is 7.46. The lowest BCUT2D eigenvalue weighted by atomic mass is 9.90. The number of aromatic nitrogens is 3. The van der Waals surface area contributed by atoms with E-state index in [0.717, 1.165) is 81.6 Å². The van der Waals surface area contributed by atoms with E-state index in [2.05, 4.69) is 52.8 Å². The molecule has 4 aliphatic heterocycles. The Morgan fingerprint density at radius 3 is 2.41 bits per heavy atom. The highest BCUT2D eigenvalue weighted by atomic mass is 32.2. The van der Waals surface area contributed by atoms with Crippen LogP contribution in [0.1, 0.15) is 48.3 Å². The van der Waals surface area contributed by atoms with E-state index in [4.69, 9.17) is 4.98 Å². The van der Waals surface area contributed by atoms with Crippen LogP contribution in [-0.2, 0) is 32.5 Å². The second-order valence-corrected chi connectivity index (χ2v) is 17.9. The van der Waals surface area contributed by atoms with Crippen molar-refractivity contribution in [2.75, 3.05) is 78.5 Å². The number of amides is 2. The number of imide groups is 1. The first kappa shape index (κ1) is 38.9. The number of anilines is 6. The molecule has 1 atom stereocenters. The zero-order valence-electron chi connectivity index (χ0n) is 33.1. The number of piperazine rings is 1. The maximum Gasteiger partial charge on any atom is 0.234 e. The van der Waals surface area contributed by atoms with Crippen molar-refractivity contribution >= 4 is 67.4 Å². The van der Waals surface area contributed by atoms with Crippen molar-refractivity contribution in [2.24, 2.45) is 0 Å². The third kappa shape index (κ3) is 8.34. The quantitative estimate of drug-likeness (QED) is 0.129. The minimum absolute atomic E-state index is 0.190. The van der Waals surface area contributed by atoms with E-state index in [1.165, 1.54) is 22.2 Å². The number of aromatic amines is 1. The highest BCUT2D eigenvalue weighted by Gasteiger charge is 2.31. The molecular formula is C43H49FN10O4S. The topological polar surface area (TPSA) is 159 Å². The predicted octanol–water partition coefficient (Wildman–Crippen LogP) is 5.26. The third-order valence-corrected chi connectivity index (χ3v) is 13.5. The standard InChI is InChI=1S/C43H49FN10O4S/c1-59(57,58)54-22-15-30-3-2-4-36(39(30)54)47-41-34-13-18-45-40(34)49-43(50-41)46-31-9-11-37(35(44)27-31)53-20-16-32(17-21-53)52-25-23-51(24-26-52)19-14-28-5-7-29(8-6-28)33-10-12-38(55)48-42(33)56/h2-9,11,13,18,27,32-33H,10,12,14-17,19-26H2,1H3,(H,48,55,56)(H3,45,46,47,49,50). The molecule has 4 N–H and O–H groups in total. The van der Waals surface area contributed by atoms with E-state index in [1.54, 1.807) is 6.20 Å². The number of hydrogen-bond acceptors (Lipinski definition) is 11. The molecule has 0 spiro atoms. The van der Waals surface area contributed by atoms with Crippen molar-refractivity contribution in [1.82, 2.24) is 30.1 Å². The molecule has 2 aromatic heterocycles. The average Bonchev–Trinajstić information content (AvgIpc) is 3.90. The van der Waals surface area contributed by atoms with E-state index in [9.17, 15) is 18.0 Å². The van der Waals surface area contributed by atoms with Gasteiger partial charge in [0.1, 0.15) is 17.3 Å². The van der Waals surface area contributed by atoms with Gasteiger partial charge in [-0.3, -0.25) is 24.1 Å². The number of hydrogen-bond donors (Lipinski definition) is 4. The molecule has 3 saturated heterocycles. The van der Waals surface area contributed by atoms with Gasteiger partial charge < -0.3 is 25.4 Å². The highest BCUT2D eigenvalue weighted by Crippen LogP contribution is 2.39. The molecule has 2 amide bonds. The number of sulfonamides is 1. The zero-order chi connectivity index (χ0) is 40.7. The van der Waals surface area contributed by atoms with E-state index >= 15 is 4.39 Å². The molecule has 3 aromatic carbocycles. The summed E-state index contributed by atoms with van der Waals surface area (Å²) in [5.74, 6) is -0.194. The summed E-state index contributed by atoms with van der Waals surface area (Å²) in [5.41, 5.74) is 6.09. The van der Waals surface area contributed by atoms with Crippen molar-refractivity contribution in [3.63, 3.8) is 0 Å². The fourth-order valence-electron chi connectivity index (χ4n) is 9.08. The van der Waals surface area contributed by atoms with Crippen molar-refractivity contribution in [1.29, 1.82) is 0 Å². The Labute approximate surface area is 343 Å². The normalized spacial score (nSPS) is 19.6. The second kappa shape index (κ2) is 16.2. The lowest BCUT2D eigenvalue weighted by molar-refractivity contribution is -0.134. The minimum atomic E-state index is -3.46. The zero-order valence-corrected chi connectivity index (χ0v) is 33.9. The number of benzene rings is 3. The molecule has 3 fully saturated rings. The van der Waals surface area contributed by atoms with E-state index < -0.39 is 10.0 Å². The molecule has 0 bridgehead atoms. The highest BCUT2D eigenvalue weighted by molar-refractivity contribution is 7.92. The molecule has 16 heteroatoms. The summed E-state index contributed by atoms with van der Waals surface area (Å²) in [5, 5.41) is 9.72. The molecule has 59 heavy (non-hydrogen) atoms. The summed E-state index contributed by atoms with van der Waals surface area (Å²) in [4.78, 5) is 43.5. The van der Waals surface area contributed by atoms with Crippen LogP contribution in [0, 0.1) is 5.82 Å². The van der Waals surface area contributed by atoms with Crippen LogP contribution < -0.4 is 25.2 Å². The van der Waals surface area contributed by atoms with E-state index in [1.807, 2.05) is 48.5 Å². The van der Waals surface area contributed by atoms with Gasteiger partial charge in [0.15, 0.2) is 0 Å². The molecule has 6 heterocycles. The van der Waals surface area contributed by atoms with Crippen LogP contribution in [0.25, 0.3) is 11.0 Å². The Balaban J connectivity index is 0.770. The Kier molecular flexibility index (Phi) is 10.7. The predicted molar refractivity (Wildman–Crippen MR) is 228 cm³/mol. The first-order valence-corrected chi connectivity index (χ1v) is 22.3. The van der Waals surface area contributed by atoms with Gasteiger partial charge in [-0.25, -0.2) is 12.8 Å². The van der Waals surface area contributed by atoms with Gasteiger partial charge >= 0.3 is 0 Å². The van der Waals surface area contributed by atoms with Crippen molar-refractivity contribution < 1.29 is 22.4 Å². The second-order valence-electron chi connectivity index (χ2n) is 16.0. The largest absolute Gasteiger partial charge is 0.369 e. The summed E-state index contributed by atoms with van der Waals surface area (Å²) in [6.45, 7) is 7.02. The minimum Gasteiger partial charge on any atom is -0.369 e. The van der Waals surface area contributed by atoms with Crippen LogP contribution in [0.3, 0.4) is 0 Å². The molecule has 0 radical (unpaired) electrons. The van der Waals surface area contributed by atoms with Gasteiger partial charge in [-0.15, -0.1) is 0 Å². The average molecular weight is 821 g/mol. The molecule has 308 valence electrons. The summed E-state index contributed by atoms with van der Waals surface area (Å²) < 4.78 is 42.3. The lowest BCUT2D eigenvalue weighted by Crippen LogP contribution is -2.53. The monoisotopic (exact) mass is 820 g/mol. The number of rotatable bonds is 11. The van der Waals surface area contributed by atoms with Crippen LogP contribution in [-0.4, -0.2) is 110 Å². The van der Waals surface area contributed by atoms with Gasteiger partial charge in [-0.05, 0) is 79.1 Å². The van der Waals surface area contributed by atoms with Crippen LogP contribution in [0.2, 0.25) is 0 Å². The van der Waals surface area contributed by atoms with E-state index in [0.29, 0.717) is 66.1 Å². The van der Waals surface area contributed by atoms with Crippen LogP contribution in [0.5, 0.6) is 0 Å². The smallest absolute Gasteiger partial charge is 0.234 e. The molecule has 0 saturated carbocycles. The van der Waals surface area contributed by atoms with Gasteiger partial charge in [-0.1, -0.05) is 36.4 Å². The lowest BCUT2D eigenvalue weighted by Gasteiger charge is -2.43. The maximum absolute atomic E-state index is 15.8. The first-order valence-electron chi connectivity index (χ1n) is 20.5. The number of fused-ring (bicyclic) bond motifs is 2. The van der Waals surface area contributed by atoms with Gasteiger partial charge in [0, 0.05) is 76.7 Å². The number of piperidine rings is 2. The Morgan fingerprint density at radius 2 is 1.66 bits per heavy atom. The molecular weight excluding hydrogens is 772 g/mol. The summed E-state index contributed by atoms with van der Waals surface area (Å²) in [6, 6.07) is 21.4. The van der Waals surface area contributed by atoms with Crippen molar-refractivity contribution in [2.45, 2.75) is 50.5 Å². The number of nitrogens with zero attached hydrogens (tertiary/aromatic N) is 6. The molecule has 5 aromatic rings. The number of H-pyrrole nitrogens is 1. The summed E-state index contributed by atoms with van der Waals surface area (Å²) >= 11 is 0. The van der Waals surface area contributed by atoms with E-state index in [-0.39, 0.29) is 29.5 Å².